The summed E-state index contributed by atoms with van der Waals surface area (Å²) >= 11 is 0. The van der Waals surface area contributed by atoms with Gasteiger partial charge in [0.25, 0.3) is 0 Å². The van der Waals surface area contributed by atoms with Crippen LogP contribution in [0.3, 0.4) is 0 Å². The van der Waals surface area contributed by atoms with Crippen molar-refractivity contribution < 1.29 is 5.11 Å². The first-order chi connectivity index (χ1) is 8.72. The molecule has 1 aromatic carbocycles. The van der Waals surface area contributed by atoms with Crippen molar-refractivity contribution in [3.8, 4) is 6.07 Å². The van der Waals surface area contributed by atoms with Gasteiger partial charge in [-0.1, -0.05) is 0 Å². The Morgan fingerprint density at radius 2 is 2.17 bits per heavy atom. The smallest absolute Gasteiger partial charge is 0.0991 e. The first-order valence-corrected chi connectivity index (χ1v) is 6.35. The maximum Gasteiger partial charge on any atom is 0.0991 e. The summed E-state index contributed by atoms with van der Waals surface area (Å²) in [6.07, 6.45) is 1.05. The highest BCUT2D eigenvalue weighted by molar-refractivity contribution is 5.50. The van der Waals surface area contributed by atoms with E-state index in [1.807, 2.05) is 24.3 Å². The molecular formula is C14H19N3O. The Hall–Kier alpha value is -1.57. The van der Waals surface area contributed by atoms with Crippen LogP contribution in [-0.2, 0) is 0 Å². The number of benzene rings is 1. The van der Waals surface area contributed by atoms with E-state index in [4.69, 9.17) is 5.26 Å². The van der Waals surface area contributed by atoms with Crippen molar-refractivity contribution in [2.24, 2.45) is 0 Å². The van der Waals surface area contributed by atoms with E-state index in [1.165, 1.54) is 0 Å². The summed E-state index contributed by atoms with van der Waals surface area (Å²) in [6, 6.07) is 10.3. The zero-order valence-electron chi connectivity index (χ0n) is 10.6. The van der Waals surface area contributed by atoms with Crippen molar-refractivity contribution in [3.05, 3.63) is 29.8 Å². The molecule has 1 aliphatic heterocycles. The molecule has 2 atom stereocenters. The summed E-state index contributed by atoms with van der Waals surface area (Å²) in [5.74, 6) is 0. The van der Waals surface area contributed by atoms with Crippen LogP contribution in [0.2, 0.25) is 0 Å². The number of anilines is 1. The minimum absolute atomic E-state index is 0.109. The molecule has 0 aliphatic carbocycles. The lowest BCUT2D eigenvalue weighted by Crippen LogP contribution is -2.42. The normalized spacial score (nSPS) is 24.4. The van der Waals surface area contributed by atoms with Crippen molar-refractivity contribution in [2.45, 2.75) is 25.4 Å². The van der Waals surface area contributed by atoms with E-state index in [1.54, 1.807) is 0 Å². The van der Waals surface area contributed by atoms with Crippen molar-refractivity contribution in [1.29, 1.82) is 5.26 Å². The van der Waals surface area contributed by atoms with Gasteiger partial charge in [0.05, 0.1) is 18.2 Å². The van der Waals surface area contributed by atoms with Crippen molar-refractivity contribution in [1.82, 2.24) is 5.32 Å². The van der Waals surface area contributed by atoms with Crippen LogP contribution in [0, 0.1) is 11.3 Å². The fraction of sp³-hybridized carbons (Fsp3) is 0.500. The summed E-state index contributed by atoms with van der Waals surface area (Å²) in [6.45, 7) is 4.06. The lowest BCUT2D eigenvalue weighted by molar-refractivity contribution is 0.240. The first kappa shape index (κ1) is 12.9. The quantitative estimate of drug-likeness (QED) is 0.819. The molecule has 0 radical (unpaired) electrons. The third kappa shape index (κ3) is 3.00. The van der Waals surface area contributed by atoms with Crippen LogP contribution in [0.4, 0.5) is 5.69 Å². The van der Waals surface area contributed by atoms with Gasteiger partial charge in [-0.2, -0.15) is 5.26 Å². The molecule has 2 rings (SSSR count). The second-order valence-corrected chi connectivity index (χ2v) is 4.84. The molecule has 96 valence electrons. The van der Waals surface area contributed by atoms with E-state index in [0.29, 0.717) is 11.6 Å². The fourth-order valence-corrected chi connectivity index (χ4v) is 2.34. The molecule has 4 heteroatoms. The minimum Gasteiger partial charge on any atom is -0.395 e. The molecule has 0 spiro atoms. The van der Waals surface area contributed by atoms with E-state index in [0.717, 1.165) is 25.2 Å². The van der Waals surface area contributed by atoms with Gasteiger partial charge >= 0.3 is 0 Å². The van der Waals surface area contributed by atoms with Gasteiger partial charge in [-0.15, -0.1) is 0 Å². The maximum atomic E-state index is 9.35. The zero-order valence-corrected chi connectivity index (χ0v) is 10.6. The molecule has 1 saturated heterocycles. The lowest BCUT2D eigenvalue weighted by Gasteiger charge is -2.25. The highest BCUT2D eigenvalue weighted by Crippen LogP contribution is 2.18. The van der Waals surface area contributed by atoms with Gasteiger partial charge in [-0.3, -0.25) is 0 Å². The number of nitrogens with zero attached hydrogens (tertiary/aromatic N) is 2. The molecule has 0 saturated carbocycles. The molecule has 4 nitrogen and oxygen atoms in total. The third-order valence-electron chi connectivity index (χ3n) is 3.37. The molecule has 0 bridgehead atoms. The Bertz CT molecular complexity index is 424. The summed E-state index contributed by atoms with van der Waals surface area (Å²) in [5, 5.41) is 21.5. The zero-order chi connectivity index (χ0) is 13.0. The van der Waals surface area contributed by atoms with Gasteiger partial charge in [0.1, 0.15) is 0 Å². The van der Waals surface area contributed by atoms with Crippen molar-refractivity contribution in [2.75, 3.05) is 24.6 Å². The topological polar surface area (TPSA) is 59.3 Å². The number of hydrogen-bond acceptors (Lipinski definition) is 4. The molecule has 2 unspecified atom stereocenters. The maximum absolute atomic E-state index is 9.35. The number of aliphatic hydroxyl groups is 1. The van der Waals surface area contributed by atoms with E-state index in [-0.39, 0.29) is 12.6 Å². The summed E-state index contributed by atoms with van der Waals surface area (Å²) in [7, 11) is 0. The van der Waals surface area contributed by atoms with Crippen LogP contribution in [0.5, 0.6) is 0 Å². The van der Waals surface area contributed by atoms with Gasteiger partial charge < -0.3 is 15.3 Å². The van der Waals surface area contributed by atoms with Gasteiger partial charge in [0.15, 0.2) is 0 Å². The van der Waals surface area contributed by atoms with Gasteiger partial charge in [-0.05, 0) is 37.6 Å². The van der Waals surface area contributed by atoms with Crippen LogP contribution in [0.25, 0.3) is 0 Å². The Morgan fingerprint density at radius 3 is 2.78 bits per heavy atom. The van der Waals surface area contributed by atoms with Crippen LogP contribution in [-0.4, -0.2) is 36.9 Å². The number of rotatable bonds is 2. The molecule has 1 fully saturated rings. The van der Waals surface area contributed by atoms with Gasteiger partial charge in [0, 0.05) is 30.9 Å². The molecular weight excluding hydrogens is 226 g/mol. The van der Waals surface area contributed by atoms with E-state index < -0.39 is 0 Å². The average molecular weight is 245 g/mol. The predicted molar refractivity (Wildman–Crippen MR) is 71.5 cm³/mol. The van der Waals surface area contributed by atoms with Crippen LogP contribution < -0.4 is 10.2 Å². The molecule has 18 heavy (non-hydrogen) atoms. The number of hydrogen-bond donors (Lipinski definition) is 2. The first-order valence-electron chi connectivity index (χ1n) is 6.35. The molecule has 0 aromatic heterocycles. The van der Waals surface area contributed by atoms with Crippen molar-refractivity contribution in [3.63, 3.8) is 0 Å². The Balaban J connectivity index is 2.13. The van der Waals surface area contributed by atoms with Crippen LogP contribution in [0.15, 0.2) is 24.3 Å². The third-order valence-corrected chi connectivity index (χ3v) is 3.37. The second-order valence-electron chi connectivity index (χ2n) is 4.84. The fourth-order valence-electron chi connectivity index (χ4n) is 2.34. The minimum atomic E-state index is 0.109. The molecule has 0 amide bonds. The summed E-state index contributed by atoms with van der Waals surface area (Å²) in [4.78, 5) is 2.26. The monoisotopic (exact) mass is 245 g/mol. The Labute approximate surface area is 108 Å². The number of nitrogens with one attached hydrogen (secondary N) is 1. The molecule has 2 N–H and O–H groups in total. The average Bonchev–Trinajstić information content (AvgIpc) is 2.60. The molecule has 1 aromatic rings. The Kier molecular flexibility index (Phi) is 4.19. The van der Waals surface area contributed by atoms with Crippen LogP contribution in [0.1, 0.15) is 18.9 Å². The largest absolute Gasteiger partial charge is 0.395 e. The number of aliphatic hydroxyl groups excluding tert-OH is 1. The molecule has 1 heterocycles. The standard InChI is InChI=1S/C14H19N3O/c1-11-6-7-17(9-13(10-18)16-11)14-4-2-12(8-15)3-5-14/h2-5,11,13,16,18H,6-7,9-10H2,1H3. The van der Waals surface area contributed by atoms with E-state index >= 15 is 0 Å². The number of nitriles is 1. The Morgan fingerprint density at radius 1 is 1.44 bits per heavy atom. The summed E-state index contributed by atoms with van der Waals surface area (Å²) in [5.41, 5.74) is 1.79. The van der Waals surface area contributed by atoms with Gasteiger partial charge in [0.2, 0.25) is 0 Å². The van der Waals surface area contributed by atoms with Gasteiger partial charge in [-0.25, -0.2) is 0 Å². The highest BCUT2D eigenvalue weighted by atomic mass is 16.3. The second kappa shape index (κ2) is 5.85. The van der Waals surface area contributed by atoms with E-state index in [9.17, 15) is 5.11 Å². The highest BCUT2D eigenvalue weighted by Gasteiger charge is 2.20. The van der Waals surface area contributed by atoms with Crippen molar-refractivity contribution >= 4 is 5.69 Å². The predicted octanol–water partition coefficient (Wildman–Crippen LogP) is 1.11. The summed E-state index contributed by atoms with van der Waals surface area (Å²) < 4.78 is 0. The lowest BCUT2D eigenvalue weighted by atomic mass is 10.2. The SMILES string of the molecule is CC1CCN(c2ccc(C#N)cc2)CC(CO)N1. The van der Waals surface area contributed by atoms with Crippen LogP contribution >= 0.6 is 0 Å². The molecule has 1 aliphatic rings. The van der Waals surface area contributed by atoms with E-state index in [2.05, 4.69) is 23.2 Å².